The Hall–Kier alpha value is -2.60. The molecule has 5 rings (SSSR count). The molecular formula is C29H35ClF2N4O4S. The number of ether oxygens (including phenoxy) is 1. The highest BCUT2D eigenvalue weighted by Gasteiger charge is 2.34. The van der Waals surface area contributed by atoms with Crippen LogP contribution in [0.5, 0.6) is 0 Å². The number of amides is 3. The molecule has 1 aliphatic heterocycles. The molecule has 41 heavy (non-hydrogen) atoms. The molecule has 2 saturated carbocycles. The number of morpholine rings is 1. The third-order valence-corrected chi connectivity index (χ3v) is 9.47. The first-order valence-electron chi connectivity index (χ1n) is 14.2. The fourth-order valence-corrected chi connectivity index (χ4v) is 6.45. The van der Waals surface area contributed by atoms with Crippen molar-refractivity contribution in [2.75, 3.05) is 49.6 Å². The van der Waals surface area contributed by atoms with Gasteiger partial charge in [-0.25, -0.2) is 8.78 Å². The average molecular weight is 609 g/mol. The van der Waals surface area contributed by atoms with Gasteiger partial charge in [-0.2, -0.15) is 0 Å². The molecule has 2 N–H and O–H groups in total. The Kier molecular flexibility index (Phi) is 9.90. The number of rotatable bonds is 12. The van der Waals surface area contributed by atoms with Crippen molar-refractivity contribution in [2.24, 2.45) is 11.8 Å². The summed E-state index contributed by atoms with van der Waals surface area (Å²) in [6.07, 6.45) is 3.92. The van der Waals surface area contributed by atoms with Crippen molar-refractivity contribution in [3.63, 3.8) is 0 Å². The van der Waals surface area contributed by atoms with Gasteiger partial charge in [-0.1, -0.05) is 24.4 Å². The normalized spacial score (nSPS) is 18.8. The number of nitrogens with zero attached hydrogens (tertiary/aromatic N) is 2. The van der Waals surface area contributed by atoms with Crippen molar-refractivity contribution in [1.82, 2.24) is 10.2 Å². The van der Waals surface area contributed by atoms with Crippen LogP contribution in [0, 0.1) is 11.8 Å². The molecule has 2 aliphatic carbocycles. The molecular weight excluding hydrogens is 574 g/mol. The molecule has 1 saturated heterocycles. The van der Waals surface area contributed by atoms with E-state index in [1.54, 1.807) is 12.1 Å². The van der Waals surface area contributed by atoms with Gasteiger partial charge in [-0.15, -0.1) is 11.3 Å². The van der Waals surface area contributed by atoms with Crippen LogP contribution in [0.1, 0.15) is 60.2 Å². The number of hydrogen-bond donors (Lipinski definition) is 2. The molecule has 0 radical (unpaired) electrons. The summed E-state index contributed by atoms with van der Waals surface area (Å²) in [7, 11) is 0. The van der Waals surface area contributed by atoms with Gasteiger partial charge in [-0.05, 0) is 67.9 Å². The molecule has 3 fully saturated rings. The SMILES string of the molecule is O=C(NC[C@H](C(=O)Nc1ccc(N2CCOCC2=O)c(C(F)F)c1)N(CC1CCC1)CC1CCC1)c1ccc(Cl)s1. The Labute approximate surface area is 247 Å². The van der Waals surface area contributed by atoms with E-state index in [-0.39, 0.29) is 61.0 Å². The van der Waals surface area contributed by atoms with Gasteiger partial charge < -0.3 is 20.3 Å². The van der Waals surface area contributed by atoms with E-state index in [1.165, 1.54) is 35.9 Å². The van der Waals surface area contributed by atoms with Crippen LogP contribution < -0.4 is 15.5 Å². The standard InChI is InChI=1S/C29H35ClF2N4O4S/c30-25-10-9-24(41-25)29(39)33-14-23(35(15-18-3-1-4-18)16-19-5-2-6-19)28(38)34-20-7-8-22(21(13-20)27(31)32)36-11-12-40-17-26(36)37/h7-10,13,18-19,23,27H,1-6,11-12,14-17H2,(H,33,39)(H,34,38)/t23-/m1/s1. The van der Waals surface area contributed by atoms with Crippen molar-refractivity contribution >= 4 is 52.0 Å². The Morgan fingerprint density at radius 1 is 1.10 bits per heavy atom. The predicted molar refractivity (Wildman–Crippen MR) is 155 cm³/mol. The Bertz CT molecular complexity index is 1240. The monoisotopic (exact) mass is 608 g/mol. The molecule has 0 bridgehead atoms. The number of thiophene rings is 1. The summed E-state index contributed by atoms with van der Waals surface area (Å²) in [5, 5.41) is 5.73. The third kappa shape index (κ3) is 7.43. The summed E-state index contributed by atoms with van der Waals surface area (Å²) >= 11 is 7.17. The number of carbonyl (C=O) groups excluding carboxylic acids is 3. The highest BCUT2D eigenvalue weighted by Crippen LogP contribution is 2.34. The topological polar surface area (TPSA) is 91.0 Å². The summed E-state index contributed by atoms with van der Waals surface area (Å²) in [4.78, 5) is 42.9. The number of benzene rings is 1. The maximum absolute atomic E-state index is 14.1. The molecule has 8 nitrogen and oxygen atoms in total. The average Bonchev–Trinajstić information content (AvgIpc) is 3.34. The first-order chi connectivity index (χ1) is 19.8. The van der Waals surface area contributed by atoms with Gasteiger partial charge in [0.05, 0.1) is 21.5 Å². The fourth-order valence-electron chi connectivity index (χ4n) is 5.49. The lowest BCUT2D eigenvalue weighted by Crippen LogP contribution is -2.54. The molecule has 1 atom stereocenters. The first kappa shape index (κ1) is 29.9. The van der Waals surface area contributed by atoms with Crippen LogP contribution in [0.4, 0.5) is 20.2 Å². The van der Waals surface area contributed by atoms with Crippen LogP contribution >= 0.6 is 22.9 Å². The van der Waals surface area contributed by atoms with E-state index >= 15 is 0 Å². The van der Waals surface area contributed by atoms with Crippen molar-refractivity contribution < 1.29 is 27.9 Å². The van der Waals surface area contributed by atoms with E-state index in [0.717, 1.165) is 50.1 Å². The Balaban J connectivity index is 1.36. The zero-order chi connectivity index (χ0) is 28.9. The zero-order valence-electron chi connectivity index (χ0n) is 22.8. The molecule has 0 spiro atoms. The number of alkyl halides is 2. The molecule has 222 valence electrons. The van der Waals surface area contributed by atoms with E-state index < -0.39 is 12.5 Å². The van der Waals surface area contributed by atoms with E-state index in [0.29, 0.717) is 21.0 Å². The molecule has 1 aromatic heterocycles. The van der Waals surface area contributed by atoms with Crippen LogP contribution in [0.3, 0.4) is 0 Å². The van der Waals surface area contributed by atoms with Crippen LogP contribution in [-0.4, -0.2) is 68.1 Å². The summed E-state index contributed by atoms with van der Waals surface area (Å²) in [6, 6.07) is 6.81. The second-order valence-corrected chi connectivity index (χ2v) is 12.8. The number of anilines is 2. The Morgan fingerprint density at radius 3 is 2.37 bits per heavy atom. The van der Waals surface area contributed by atoms with Crippen molar-refractivity contribution in [2.45, 2.75) is 51.0 Å². The van der Waals surface area contributed by atoms with Crippen molar-refractivity contribution in [3.8, 4) is 0 Å². The van der Waals surface area contributed by atoms with E-state index in [9.17, 15) is 23.2 Å². The molecule has 2 aromatic rings. The lowest BCUT2D eigenvalue weighted by molar-refractivity contribution is -0.125. The summed E-state index contributed by atoms with van der Waals surface area (Å²) in [5.41, 5.74) is -0.0112. The summed E-state index contributed by atoms with van der Waals surface area (Å²) in [5.74, 6) is -0.0867. The highest BCUT2D eigenvalue weighted by atomic mass is 35.5. The van der Waals surface area contributed by atoms with Crippen LogP contribution in [0.2, 0.25) is 4.34 Å². The molecule has 0 unspecified atom stereocenters. The zero-order valence-corrected chi connectivity index (χ0v) is 24.3. The van der Waals surface area contributed by atoms with Gasteiger partial charge in [0.1, 0.15) is 12.6 Å². The molecule has 3 amide bonds. The van der Waals surface area contributed by atoms with Crippen molar-refractivity contribution in [1.29, 1.82) is 0 Å². The van der Waals surface area contributed by atoms with Crippen LogP contribution in [-0.2, 0) is 14.3 Å². The minimum absolute atomic E-state index is 0.0711. The molecule has 2 heterocycles. The highest BCUT2D eigenvalue weighted by molar-refractivity contribution is 7.18. The fraction of sp³-hybridized carbons (Fsp3) is 0.552. The van der Waals surface area contributed by atoms with E-state index in [2.05, 4.69) is 15.5 Å². The van der Waals surface area contributed by atoms with E-state index in [4.69, 9.17) is 16.3 Å². The lowest BCUT2D eigenvalue weighted by Gasteiger charge is -2.40. The van der Waals surface area contributed by atoms with Gasteiger partial charge in [0, 0.05) is 37.4 Å². The number of halogens is 3. The van der Waals surface area contributed by atoms with Crippen LogP contribution in [0.25, 0.3) is 0 Å². The van der Waals surface area contributed by atoms with Gasteiger partial charge in [-0.3, -0.25) is 19.3 Å². The predicted octanol–water partition coefficient (Wildman–Crippen LogP) is 5.34. The largest absolute Gasteiger partial charge is 0.370 e. The van der Waals surface area contributed by atoms with Crippen molar-refractivity contribution in [3.05, 3.63) is 45.1 Å². The Morgan fingerprint density at radius 2 is 1.80 bits per heavy atom. The molecule has 12 heteroatoms. The van der Waals surface area contributed by atoms with Gasteiger partial charge in [0.25, 0.3) is 18.2 Å². The first-order valence-corrected chi connectivity index (χ1v) is 15.4. The number of hydrogen-bond acceptors (Lipinski definition) is 6. The van der Waals surface area contributed by atoms with Gasteiger partial charge >= 0.3 is 0 Å². The number of carbonyl (C=O) groups is 3. The quantitative estimate of drug-likeness (QED) is 0.339. The van der Waals surface area contributed by atoms with Crippen LogP contribution in [0.15, 0.2) is 30.3 Å². The molecule has 1 aromatic carbocycles. The summed E-state index contributed by atoms with van der Waals surface area (Å²) < 4.78 is 33.9. The minimum Gasteiger partial charge on any atom is -0.370 e. The smallest absolute Gasteiger partial charge is 0.265 e. The molecule has 3 aliphatic rings. The van der Waals surface area contributed by atoms with Gasteiger partial charge in [0.2, 0.25) is 5.91 Å². The maximum atomic E-state index is 14.1. The second kappa shape index (κ2) is 13.6. The number of nitrogens with one attached hydrogen (secondary N) is 2. The third-order valence-electron chi connectivity index (χ3n) is 8.24. The van der Waals surface area contributed by atoms with Gasteiger partial charge in [0.15, 0.2) is 0 Å². The van der Waals surface area contributed by atoms with E-state index in [1.807, 2.05) is 0 Å². The minimum atomic E-state index is -2.85. The second-order valence-electron chi connectivity index (χ2n) is 11.0. The maximum Gasteiger partial charge on any atom is 0.265 e. The lowest BCUT2D eigenvalue weighted by atomic mass is 9.82. The summed E-state index contributed by atoms with van der Waals surface area (Å²) in [6.45, 7) is 1.84.